The first kappa shape index (κ1) is 16.7. The van der Waals surface area contributed by atoms with Gasteiger partial charge < -0.3 is 10.2 Å². The summed E-state index contributed by atoms with van der Waals surface area (Å²) in [4.78, 5) is 14.0. The molecule has 1 saturated heterocycles. The van der Waals surface area contributed by atoms with E-state index in [9.17, 15) is 13.6 Å². The van der Waals surface area contributed by atoms with Gasteiger partial charge in [-0.1, -0.05) is 18.2 Å². The van der Waals surface area contributed by atoms with Crippen molar-refractivity contribution in [3.8, 4) is 0 Å². The Kier molecular flexibility index (Phi) is 5.34. The third-order valence-corrected chi connectivity index (χ3v) is 3.95. The van der Waals surface area contributed by atoms with Crippen LogP contribution >= 0.6 is 0 Å². The lowest BCUT2D eigenvalue weighted by molar-refractivity contribution is -0.123. The highest BCUT2D eigenvalue weighted by molar-refractivity contribution is 5.82. The summed E-state index contributed by atoms with van der Waals surface area (Å²) in [5.74, 6) is -3.13. The average Bonchev–Trinajstić information content (AvgIpc) is 2.85. The number of anilines is 1. The molecular weight excluding hydrogens is 288 g/mol. The van der Waals surface area contributed by atoms with Gasteiger partial charge in [0.15, 0.2) is 0 Å². The zero-order valence-corrected chi connectivity index (χ0v) is 13.0. The summed E-state index contributed by atoms with van der Waals surface area (Å²) in [6, 6.07) is 7.26. The Hall–Kier alpha value is -1.69. The van der Waals surface area contributed by atoms with E-state index in [0.717, 1.165) is 12.2 Å². The number of nitrogens with zero attached hydrogens (tertiary/aromatic N) is 1. The van der Waals surface area contributed by atoms with Gasteiger partial charge in [0.2, 0.25) is 5.91 Å². The van der Waals surface area contributed by atoms with Gasteiger partial charge in [-0.2, -0.15) is 0 Å². The Morgan fingerprint density at radius 1 is 1.45 bits per heavy atom. The molecule has 0 saturated carbocycles. The van der Waals surface area contributed by atoms with Crippen molar-refractivity contribution in [3.05, 3.63) is 29.8 Å². The lowest BCUT2D eigenvalue weighted by Crippen LogP contribution is -2.43. The topological polar surface area (TPSA) is 44.4 Å². The van der Waals surface area contributed by atoms with E-state index in [-0.39, 0.29) is 5.91 Å². The standard InChI is InChI=1S/C16H23F2N3O/c1-3-21(14-7-5-4-6-12(14)2)9-8-19-15(22)13-10-16(17,18)11-20-13/h4-7,13,20H,3,8-11H2,1-2H3,(H,19,22). The number of alkyl halides is 2. The molecular formula is C16H23F2N3O. The molecule has 0 radical (unpaired) electrons. The molecule has 1 aromatic carbocycles. The monoisotopic (exact) mass is 311 g/mol. The van der Waals surface area contributed by atoms with Crippen LogP contribution in [0.25, 0.3) is 0 Å². The molecule has 1 aliphatic heterocycles. The number of para-hydroxylation sites is 1. The summed E-state index contributed by atoms with van der Waals surface area (Å²) in [6.07, 6.45) is -0.423. The predicted molar refractivity (Wildman–Crippen MR) is 83.4 cm³/mol. The van der Waals surface area contributed by atoms with E-state index < -0.39 is 24.9 Å². The maximum Gasteiger partial charge on any atom is 0.262 e. The van der Waals surface area contributed by atoms with Crippen molar-refractivity contribution >= 4 is 11.6 Å². The molecule has 1 atom stereocenters. The van der Waals surface area contributed by atoms with Gasteiger partial charge in [-0.05, 0) is 25.5 Å². The number of hydrogen-bond donors (Lipinski definition) is 2. The van der Waals surface area contributed by atoms with Crippen molar-refractivity contribution in [3.63, 3.8) is 0 Å². The first-order chi connectivity index (χ1) is 10.4. The van der Waals surface area contributed by atoms with E-state index in [1.165, 1.54) is 5.56 Å². The molecule has 2 N–H and O–H groups in total. The van der Waals surface area contributed by atoms with Gasteiger partial charge in [0.1, 0.15) is 0 Å². The molecule has 122 valence electrons. The van der Waals surface area contributed by atoms with Crippen molar-refractivity contribution in [2.45, 2.75) is 32.2 Å². The molecule has 1 fully saturated rings. The van der Waals surface area contributed by atoms with Gasteiger partial charge in [0.05, 0.1) is 12.6 Å². The minimum Gasteiger partial charge on any atom is -0.370 e. The maximum absolute atomic E-state index is 13.1. The van der Waals surface area contributed by atoms with Gasteiger partial charge in [0, 0.05) is 31.7 Å². The second-order valence-corrected chi connectivity index (χ2v) is 5.65. The summed E-state index contributed by atoms with van der Waals surface area (Å²) in [7, 11) is 0. The van der Waals surface area contributed by atoms with Crippen LogP contribution in [-0.4, -0.2) is 44.1 Å². The number of amides is 1. The van der Waals surface area contributed by atoms with E-state index in [1.54, 1.807) is 0 Å². The quantitative estimate of drug-likeness (QED) is 0.844. The van der Waals surface area contributed by atoms with Gasteiger partial charge >= 0.3 is 0 Å². The Balaban J connectivity index is 1.82. The van der Waals surface area contributed by atoms with E-state index in [4.69, 9.17) is 0 Å². The van der Waals surface area contributed by atoms with Crippen LogP contribution in [0.3, 0.4) is 0 Å². The Morgan fingerprint density at radius 3 is 2.77 bits per heavy atom. The summed E-state index contributed by atoms with van der Waals surface area (Å²) < 4.78 is 26.1. The van der Waals surface area contributed by atoms with Crippen molar-refractivity contribution in [2.75, 3.05) is 31.1 Å². The fourth-order valence-corrected chi connectivity index (χ4v) is 2.71. The van der Waals surface area contributed by atoms with Crippen LogP contribution in [0.2, 0.25) is 0 Å². The van der Waals surface area contributed by atoms with Crippen LogP contribution in [-0.2, 0) is 4.79 Å². The molecule has 1 aromatic rings. The first-order valence-electron chi connectivity index (χ1n) is 7.62. The summed E-state index contributed by atoms with van der Waals surface area (Å²) >= 11 is 0. The molecule has 1 heterocycles. The van der Waals surface area contributed by atoms with E-state index in [0.29, 0.717) is 13.1 Å². The highest BCUT2D eigenvalue weighted by Crippen LogP contribution is 2.25. The molecule has 22 heavy (non-hydrogen) atoms. The lowest BCUT2D eigenvalue weighted by atomic mass is 10.1. The van der Waals surface area contributed by atoms with Gasteiger partial charge in [-0.3, -0.25) is 10.1 Å². The van der Waals surface area contributed by atoms with Gasteiger partial charge in [0.25, 0.3) is 5.92 Å². The molecule has 0 aromatic heterocycles. The molecule has 1 amide bonds. The Bertz CT molecular complexity index is 522. The first-order valence-corrected chi connectivity index (χ1v) is 7.62. The zero-order valence-electron chi connectivity index (χ0n) is 13.0. The molecule has 0 bridgehead atoms. The van der Waals surface area contributed by atoms with E-state index in [1.807, 2.05) is 38.1 Å². The number of aryl methyl sites for hydroxylation is 1. The van der Waals surface area contributed by atoms with Crippen LogP contribution in [0, 0.1) is 6.92 Å². The Labute approximate surface area is 129 Å². The number of hydrogen-bond acceptors (Lipinski definition) is 3. The molecule has 6 heteroatoms. The van der Waals surface area contributed by atoms with Crippen molar-refractivity contribution in [1.82, 2.24) is 10.6 Å². The van der Waals surface area contributed by atoms with Crippen LogP contribution in [0.5, 0.6) is 0 Å². The maximum atomic E-state index is 13.1. The SMILES string of the molecule is CCN(CCNC(=O)C1CC(F)(F)CN1)c1ccccc1C. The van der Waals surface area contributed by atoms with Crippen LogP contribution in [0.4, 0.5) is 14.5 Å². The number of likely N-dealkylation sites (N-methyl/N-ethyl adjacent to an activating group) is 1. The lowest BCUT2D eigenvalue weighted by Gasteiger charge is -2.25. The average molecular weight is 311 g/mol. The van der Waals surface area contributed by atoms with Crippen LogP contribution in [0.15, 0.2) is 24.3 Å². The molecule has 2 rings (SSSR count). The highest BCUT2D eigenvalue weighted by Gasteiger charge is 2.42. The number of rotatable bonds is 6. The number of halogens is 2. The normalized spacial score (nSPS) is 19.9. The fraction of sp³-hybridized carbons (Fsp3) is 0.562. The number of nitrogens with one attached hydrogen (secondary N) is 2. The minimum atomic E-state index is -2.78. The van der Waals surface area contributed by atoms with E-state index in [2.05, 4.69) is 15.5 Å². The van der Waals surface area contributed by atoms with Gasteiger partial charge in [-0.15, -0.1) is 0 Å². The van der Waals surface area contributed by atoms with Crippen molar-refractivity contribution in [1.29, 1.82) is 0 Å². The highest BCUT2D eigenvalue weighted by atomic mass is 19.3. The van der Waals surface area contributed by atoms with Crippen molar-refractivity contribution in [2.24, 2.45) is 0 Å². The Morgan fingerprint density at radius 2 is 2.18 bits per heavy atom. The summed E-state index contributed by atoms with van der Waals surface area (Å²) in [5.41, 5.74) is 2.30. The second-order valence-electron chi connectivity index (χ2n) is 5.65. The largest absolute Gasteiger partial charge is 0.370 e. The predicted octanol–water partition coefficient (Wildman–Crippen LogP) is 1.93. The van der Waals surface area contributed by atoms with E-state index >= 15 is 0 Å². The third kappa shape index (κ3) is 4.16. The number of carbonyl (C=O) groups is 1. The second kappa shape index (κ2) is 7.05. The van der Waals surface area contributed by atoms with Crippen LogP contribution < -0.4 is 15.5 Å². The zero-order chi connectivity index (χ0) is 16.2. The third-order valence-electron chi connectivity index (χ3n) is 3.95. The molecule has 1 unspecified atom stereocenters. The fourth-order valence-electron chi connectivity index (χ4n) is 2.71. The smallest absolute Gasteiger partial charge is 0.262 e. The summed E-state index contributed by atoms with van der Waals surface area (Å²) in [5, 5.41) is 5.30. The number of benzene rings is 1. The molecule has 1 aliphatic rings. The molecule has 4 nitrogen and oxygen atoms in total. The summed E-state index contributed by atoms with van der Waals surface area (Å²) in [6.45, 7) is 5.57. The minimum absolute atomic E-state index is 0.349. The van der Waals surface area contributed by atoms with Crippen LogP contribution in [0.1, 0.15) is 18.9 Å². The van der Waals surface area contributed by atoms with Gasteiger partial charge in [-0.25, -0.2) is 8.78 Å². The number of carbonyl (C=O) groups excluding carboxylic acids is 1. The molecule has 0 aliphatic carbocycles. The molecule has 0 spiro atoms. The van der Waals surface area contributed by atoms with Crippen molar-refractivity contribution < 1.29 is 13.6 Å².